The molecule has 1 aliphatic carbocycles. The smallest absolute Gasteiger partial charge is 0.237 e. The van der Waals surface area contributed by atoms with Gasteiger partial charge in [-0.3, -0.25) is 9.69 Å². The number of H-pyrrole nitrogens is 1. The minimum Gasteiger partial charge on any atom is -0.341 e. The van der Waals surface area contributed by atoms with E-state index in [0.717, 1.165) is 49.6 Å². The summed E-state index contributed by atoms with van der Waals surface area (Å²) in [6, 6.07) is 8.90. The largest absolute Gasteiger partial charge is 0.341 e. The van der Waals surface area contributed by atoms with Crippen LogP contribution in [-0.4, -0.2) is 70.5 Å². The fraction of sp³-hybridized carbons (Fsp3) is 0.636. The lowest BCUT2D eigenvalue weighted by Crippen LogP contribution is -2.48. The zero-order valence-electron chi connectivity index (χ0n) is 17.2. The van der Waals surface area contributed by atoms with Crippen LogP contribution in [-0.2, 0) is 4.79 Å². The van der Waals surface area contributed by atoms with Crippen LogP contribution in [0.15, 0.2) is 24.3 Å². The Labute approximate surface area is 167 Å². The Morgan fingerprint density at radius 1 is 1.14 bits per heavy atom. The van der Waals surface area contributed by atoms with Crippen LogP contribution in [0.1, 0.15) is 46.0 Å². The van der Waals surface area contributed by atoms with E-state index in [4.69, 9.17) is 4.98 Å². The Balaban J connectivity index is 1.37. The van der Waals surface area contributed by atoms with Crippen molar-refractivity contribution in [2.24, 2.45) is 0 Å². The average molecular weight is 384 g/mol. The van der Waals surface area contributed by atoms with E-state index in [1.165, 1.54) is 25.7 Å². The number of anilines is 1. The first-order chi connectivity index (χ1) is 13.6. The minimum atomic E-state index is 0.287. The average Bonchev–Trinajstić information content (AvgIpc) is 3.28. The summed E-state index contributed by atoms with van der Waals surface area (Å²) >= 11 is 0. The summed E-state index contributed by atoms with van der Waals surface area (Å²) in [5.41, 5.74) is 2.09. The molecule has 2 aliphatic rings. The number of hydrogen-bond donors (Lipinski definition) is 1. The molecule has 1 aromatic heterocycles. The van der Waals surface area contributed by atoms with Crippen molar-refractivity contribution in [3.05, 3.63) is 24.3 Å². The van der Waals surface area contributed by atoms with Crippen molar-refractivity contribution in [3.63, 3.8) is 0 Å². The first-order valence-corrected chi connectivity index (χ1v) is 10.8. The number of carbonyl (C=O) groups is 1. The molecular formula is C22H33N5O. The first-order valence-electron chi connectivity index (χ1n) is 10.8. The third kappa shape index (κ3) is 4.17. The molecule has 6 nitrogen and oxygen atoms in total. The monoisotopic (exact) mass is 383 g/mol. The molecule has 0 atom stereocenters. The van der Waals surface area contributed by atoms with Crippen LogP contribution < -0.4 is 4.90 Å². The van der Waals surface area contributed by atoms with Gasteiger partial charge < -0.3 is 14.8 Å². The van der Waals surface area contributed by atoms with E-state index in [-0.39, 0.29) is 6.04 Å². The number of imidazole rings is 1. The number of para-hydroxylation sites is 2. The van der Waals surface area contributed by atoms with E-state index in [9.17, 15) is 4.79 Å². The maximum Gasteiger partial charge on any atom is 0.237 e. The van der Waals surface area contributed by atoms with Crippen LogP contribution in [0.2, 0.25) is 0 Å². The predicted molar refractivity (Wildman–Crippen MR) is 114 cm³/mol. The lowest BCUT2D eigenvalue weighted by Gasteiger charge is -2.34. The summed E-state index contributed by atoms with van der Waals surface area (Å²) in [5, 5.41) is 0. The van der Waals surface area contributed by atoms with E-state index >= 15 is 0 Å². The summed E-state index contributed by atoms with van der Waals surface area (Å²) in [6.07, 6.45) is 5.91. The molecule has 1 saturated carbocycles. The number of nitrogens with one attached hydrogen (secondary N) is 1. The molecule has 2 aromatic rings. The Morgan fingerprint density at radius 3 is 2.68 bits per heavy atom. The quantitative estimate of drug-likeness (QED) is 0.861. The van der Waals surface area contributed by atoms with Gasteiger partial charge in [0.15, 0.2) is 0 Å². The second-order valence-corrected chi connectivity index (χ2v) is 8.53. The third-order valence-electron chi connectivity index (χ3n) is 6.19. The number of aromatic amines is 1. The fourth-order valence-corrected chi connectivity index (χ4v) is 4.80. The van der Waals surface area contributed by atoms with E-state index in [2.05, 4.69) is 39.6 Å². The summed E-state index contributed by atoms with van der Waals surface area (Å²) in [4.78, 5) is 28.1. The van der Waals surface area contributed by atoms with Crippen molar-refractivity contribution in [1.29, 1.82) is 0 Å². The topological polar surface area (TPSA) is 55.5 Å². The maximum atomic E-state index is 13.1. The number of hydrogen-bond acceptors (Lipinski definition) is 4. The number of fused-ring (bicyclic) bond motifs is 1. The van der Waals surface area contributed by atoms with Gasteiger partial charge in [-0.25, -0.2) is 4.98 Å². The summed E-state index contributed by atoms with van der Waals surface area (Å²) in [6.45, 7) is 8.60. The summed E-state index contributed by atoms with van der Waals surface area (Å²) < 4.78 is 0. The van der Waals surface area contributed by atoms with Gasteiger partial charge in [-0.05, 0) is 45.2 Å². The van der Waals surface area contributed by atoms with Gasteiger partial charge in [0.05, 0.1) is 17.6 Å². The van der Waals surface area contributed by atoms with Crippen LogP contribution in [0.4, 0.5) is 5.95 Å². The highest BCUT2D eigenvalue weighted by molar-refractivity contribution is 5.79. The number of benzene rings is 1. The lowest BCUT2D eigenvalue weighted by molar-refractivity contribution is -0.136. The van der Waals surface area contributed by atoms with Crippen molar-refractivity contribution in [2.45, 2.75) is 58.0 Å². The summed E-state index contributed by atoms with van der Waals surface area (Å²) in [5.74, 6) is 1.25. The van der Waals surface area contributed by atoms with Crippen LogP contribution in [0.5, 0.6) is 0 Å². The van der Waals surface area contributed by atoms with Crippen molar-refractivity contribution < 1.29 is 4.79 Å². The van der Waals surface area contributed by atoms with Gasteiger partial charge in [0.2, 0.25) is 11.9 Å². The molecule has 1 amide bonds. The van der Waals surface area contributed by atoms with E-state index in [1.54, 1.807) is 0 Å². The van der Waals surface area contributed by atoms with E-state index in [1.807, 2.05) is 18.2 Å². The molecule has 2 fully saturated rings. The van der Waals surface area contributed by atoms with E-state index in [0.29, 0.717) is 18.5 Å². The number of carbonyl (C=O) groups excluding carboxylic acids is 1. The Morgan fingerprint density at radius 2 is 1.93 bits per heavy atom. The molecule has 2 heterocycles. The highest BCUT2D eigenvalue weighted by atomic mass is 16.2. The molecule has 1 N–H and O–H groups in total. The highest BCUT2D eigenvalue weighted by Gasteiger charge is 2.30. The maximum absolute atomic E-state index is 13.1. The van der Waals surface area contributed by atoms with Crippen LogP contribution in [0.25, 0.3) is 11.0 Å². The van der Waals surface area contributed by atoms with Gasteiger partial charge >= 0.3 is 0 Å². The van der Waals surface area contributed by atoms with Gasteiger partial charge in [0.25, 0.3) is 0 Å². The molecule has 1 aromatic carbocycles. The third-order valence-corrected chi connectivity index (χ3v) is 6.19. The molecule has 28 heavy (non-hydrogen) atoms. The number of nitrogens with zero attached hydrogens (tertiary/aromatic N) is 4. The summed E-state index contributed by atoms with van der Waals surface area (Å²) in [7, 11) is 0. The van der Waals surface area contributed by atoms with Gasteiger partial charge in [0.1, 0.15) is 0 Å². The normalized spacial score (nSPS) is 19.5. The van der Waals surface area contributed by atoms with Crippen molar-refractivity contribution in [1.82, 2.24) is 19.8 Å². The molecule has 1 saturated heterocycles. The molecule has 6 heteroatoms. The van der Waals surface area contributed by atoms with Gasteiger partial charge in [0, 0.05) is 38.3 Å². The molecule has 152 valence electrons. The number of amides is 1. The minimum absolute atomic E-state index is 0.287. The predicted octanol–water partition coefficient (Wildman–Crippen LogP) is 3.25. The SMILES string of the molecule is CC(C)N(C(=O)CN1CCCN(c2nc3ccccc3[nH]2)CC1)C1CCCC1. The Bertz CT molecular complexity index is 762. The molecule has 1 aliphatic heterocycles. The molecule has 0 unspecified atom stereocenters. The Hall–Kier alpha value is -2.08. The van der Waals surface area contributed by atoms with Crippen LogP contribution in [0.3, 0.4) is 0 Å². The second kappa shape index (κ2) is 8.52. The van der Waals surface area contributed by atoms with Crippen molar-refractivity contribution in [3.8, 4) is 0 Å². The first kappa shape index (κ1) is 19.2. The van der Waals surface area contributed by atoms with Crippen molar-refractivity contribution >= 4 is 22.9 Å². The van der Waals surface area contributed by atoms with Crippen LogP contribution >= 0.6 is 0 Å². The Kier molecular flexibility index (Phi) is 5.85. The fourth-order valence-electron chi connectivity index (χ4n) is 4.80. The van der Waals surface area contributed by atoms with Gasteiger partial charge in [-0.2, -0.15) is 0 Å². The second-order valence-electron chi connectivity index (χ2n) is 8.53. The van der Waals surface area contributed by atoms with Crippen LogP contribution in [0, 0.1) is 0 Å². The molecule has 0 bridgehead atoms. The number of rotatable bonds is 5. The molecular weight excluding hydrogens is 350 g/mol. The van der Waals surface area contributed by atoms with E-state index < -0.39 is 0 Å². The van der Waals surface area contributed by atoms with Gasteiger partial charge in [-0.1, -0.05) is 25.0 Å². The zero-order chi connectivity index (χ0) is 19.5. The molecule has 0 spiro atoms. The lowest BCUT2D eigenvalue weighted by atomic mass is 10.1. The zero-order valence-corrected chi connectivity index (χ0v) is 17.2. The highest BCUT2D eigenvalue weighted by Crippen LogP contribution is 2.25. The van der Waals surface area contributed by atoms with Gasteiger partial charge in [-0.15, -0.1) is 0 Å². The standard InChI is InChI=1S/C22H33N5O/c1-17(2)27(18-8-3-4-9-18)21(28)16-25-12-7-13-26(15-14-25)22-23-19-10-5-6-11-20(19)24-22/h5-6,10-11,17-18H,3-4,7-9,12-16H2,1-2H3,(H,23,24). The van der Waals surface area contributed by atoms with Crippen molar-refractivity contribution in [2.75, 3.05) is 37.6 Å². The number of aromatic nitrogens is 2. The molecule has 4 rings (SSSR count). The molecule has 0 radical (unpaired) electrons.